The molecule has 42 heavy (non-hydrogen) atoms. The molecule has 0 aromatic carbocycles. The molecule has 0 radical (unpaired) electrons. The van der Waals surface area contributed by atoms with Crippen molar-refractivity contribution in [3.05, 3.63) is 0 Å². The fourth-order valence-electron chi connectivity index (χ4n) is 6.19. The zero-order chi connectivity index (χ0) is 30.4. The van der Waals surface area contributed by atoms with Gasteiger partial charge in [0.1, 0.15) is 0 Å². The van der Waals surface area contributed by atoms with Gasteiger partial charge in [-0.05, 0) is 43.7 Å². The van der Waals surface area contributed by atoms with Crippen LogP contribution >= 0.6 is 11.8 Å². The van der Waals surface area contributed by atoms with Crippen LogP contribution in [-0.2, 0) is 13.7 Å². The van der Waals surface area contributed by atoms with Gasteiger partial charge in [0.2, 0.25) is 0 Å². The van der Waals surface area contributed by atoms with E-state index in [1.165, 1.54) is 153 Å². The van der Waals surface area contributed by atoms with Crippen molar-refractivity contribution in [3.8, 4) is 0 Å². The maximum atomic E-state index is 12.3. The van der Waals surface area contributed by atoms with Gasteiger partial charge in [0.15, 0.2) is 5.12 Å². The van der Waals surface area contributed by atoms with Gasteiger partial charge in [-0.1, -0.05) is 167 Å². The lowest BCUT2D eigenvalue weighted by molar-refractivity contribution is -0.111. The number of rotatable bonds is 29. The van der Waals surface area contributed by atoms with Gasteiger partial charge in [0.25, 0.3) is 0 Å². The highest BCUT2D eigenvalue weighted by atomic mass is 32.2. The van der Waals surface area contributed by atoms with Crippen molar-refractivity contribution in [3.63, 3.8) is 0 Å². The predicted molar refractivity (Wildman–Crippen MR) is 188 cm³/mol. The molecule has 1 rings (SSSR count). The molecule has 0 amide bonds. The SMILES string of the molecule is CCCCCCCCCCCCCCCC1CCO[Si](CC)(CCCSC(=O)CCCCCCCCCCC)ONC1. The normalized spacial score (nSPS) is 19.5. The first kappa shape index (κ1) is 40.1. The molecule has 1 aliphatic rings. The second kappa shape index (κ2) is 29.8. The third kappa shape index (κ3) is 23.5. The average Bonchev–Trinajstić information content (AvgIpc) is 2.98. The fraction of sp³-hybridized carbons (Fsp3) is 0.972. The van der Waals surface area contributed by atoms with E-state index in [4.69, 9.17) is 8.95 Å². The molecule has 4 nitrogen and oxygen atoms in total. The molecule has 6 heteroatoms. The van der Waals surface area contributed by atoms with Gasteiger partial charge in [-0.15, -0.1) is 0 Å². The Labute approximate surface area is 268 Å². The van der Waals surface area contributed by atoms with E-state index in [9.17, 15) is 4.79 Å². The Morgan fingerprint density at radius 3 is 1.71 bits per heavy atom. The van der Waals surface area contributed by atoms with Gasteiger partial charge in [0, 0.05) is 25.3 Å². The van der Waals surface area contributed by atoms with Crippen LogP contribution in [0.5, 0.6) is 0 Å². The smallest absolute Gasteiger partial charge is 0.357 e. The van der Waals surface area contributed by atoms with Crippen LogP contribution in [0, 0.1) is 5.92 Å². The van der Waals surface area contributed by atoms with E-state index < -0.39 is 8.56 Å². The number of thioether (sulfide) groups is 1. The van der Waals surface area contributed by atoms with Crippen LogP contribution < -0.4 is 5.48 Å². The number of hydrogen-bond donors (Lipinski definition) is 1. The summed E-state index contributed by atoms with van der Waals surface area (Å²) in [6, 6.07) is 1.96. The fourth-order valence-corrected chi connectivity index (χ4v) is 9.81. The zero-order valence-corrected chi connectivity index (χ0v) is 30.4. The summed E-state index contributed by atoms with van der Waals surface area (Å²) in [6.45, 7) is 8.58. The van der Waals surface area contributed by atoms with Gasteiger partial charge < -0.3 is 8.95 Å². The Morgan fingerprint density at radius 1 is 0.690 bits per heavy atom. The molecule has 2 atom stereocenters. The highest BCUT2D eigenvalue weighted by molar-refractivity contribution is 8.13. The summed E-state index contributed by atoms with van der Waals surface area (Å²) in [6.07, 6.45) is 34.3. The van der Waals surface area contributed by atoms with Gasteiger partial charge in [-0.3, -0.25) is 4.79 Å². The van der Waals surface area contributed by atoms with Crippen molar-refractivity contribution in [2.24, 2.45) is 5.92 Å². The quantitative estimate of drug-likeness (QED) is 0.0660. The predicted octanol–water partition coefficient (Wildman–Crippen LogP) is 12.1. The highest BCUT2D eigenvalue weighted by Crippen LogP contribution is 2.26. The first-order chi connectivity index (χ1) is 20.7. The molecule has 1 saturated heterocycles. The van der Waals surface area contributed by atoms with Gasteiger partial charge in [-0.2, -0.15) is 0 Å². The summed E-state index contributed by atoms with van der Waals surface area (Å²) in [7, 11) is -2.20. The van der Waals surface area contributed by atoms with E-state index in [1.807, 2.05) is 0 Å². The molecule has 250 valence electrons. The Balaban J connectivity index is 2.01. The summed E-state index contributed by atoms with van der Waals surface area (Å²) in [5.41, 5.74) is 3.35. The first-order valence-electron chi connectivity index (χ1n) is 18.9. The summed E-state index contributed by atoms with van der Waals surface area (Å²) in [4.78, 5) is 12.3. The van der Waals surface area contributed by atoms with Crippen molar-refractivity contribution < 1.29 is 13.7 Å². The molecule has 0 aromatic rings. The van der Waals surface area contributed by atoms with Crippen molar-refractivity contribution in [2.45, 2.75) is 200 Å². The van der Waals surface area contributed by atoms with E-state index in [-0.39, 0.29) is 0 Å². The largest absolute Gasteiger partial charge is 0.393 e. The van der Waals surface area contributed by atoms with Crippen LogP contribution in [0.2, 0.25) is 12.1 Å². The molecule has 1 aliphatic heterocycles. The number of carbonyl (C=O) groups is 1. The lowest BCUT2D eigenvalue weighted by Gasteiger charge is -2.33. The van der Waals surface area contributed by atoms with E-state index in [1.54, 1.807) is 0 Å². The van der Waals surface area contributed by atoms with Crippen molar-refractivity contribution in [1.82, 2.24) is 5.48 Å². The van der Waals surface area contributed by atoms with E-state index in [0.29, 0.717) is 11.0 Å². The topological polar surface area (TPSA) is 47.6 Å². The molecule has 0 saturated carbocycles. The maximum absolute atomic E-state index is 12.3. The molecule has 1 fully saturated rings. The Bertz CT molecular complexity index is 584. The van der Waals surface area contributed by atoms with Gasteiger partial charge >= 0.3 is 8.56 Å². The molecule has 0 spiro atoms. The number of hydrogen-bond acceptors (Lipinski definition) is 5. The van der Waals surface area contributed by atoms with Crippen LogP contribution in [0.15, 0.2) is 0 Å². The van der Waals surface area contributed by atoms with E-state index in [0.717, 1.165) is 56.7 Å². The van der Waals surface area contributed by atoms with Crippen molar-refractivity contribution in [2.75, 3.05) is 18.9 Å². The maximum Gasteiger partial charge on any atom is 0.357 e. The second-order valence-corrected chi connectivity index (χ2v) is 17.8. The lowest BCUT2D eigenvalue weighted by atomic mass is 9.97. The second-order valence-electron chi connectivity index (χ2n) is 13.2. The lowest BCUT2D eigenvalue weighted by Crippen LogP contribution is -2.49. The van der Waals surface area contributed by atoms with Crippen LogP contribution in [0.25, 0.3) is 0 Å². The molecule has 0 bridgehead atoms. The highest BCUT2D eigenvalue weighted by Gasteiger charge is 2.37. The van der Waals surface area contributed by atoms with Gasteiger partial charge in [0.05, 0.1) is 0 Å². The number of hydroxylamine groups is 1. The Kier molecular flexibility index (Phi) is 28.5. The minimum atomic E-state index is -2.20. The van der Waals surface area contributed by atoms with Crippen molar-refractivity contribution >= 4 is 25.4 Å². The molecule has 0 aliphatic carbocycles. The summed E-state index contributed by atoms with van der Waals surface area (Å²) >= 11 is 1.54. The molecule has 2 unspecified atom stereocenters. The summed E-state index contributed by atoms with van der Waals surface area (Å²) in [5.74, 6) is 1.56. The van der Waals surface area contributed by atoms with Crippen LogP contribution in [0.3, 0.4) is 0 Å². The van der Waals surface area contributed by atoms with E-state index in [2.05, 4.69) is 26.3 Å². The number of nitrogens with one attached hydrogen (secondary N) is 1. The van der Waals surface area contributed by atoms with Crippen LogP contribution in [-0.4, -0.2) is 32.6 Å². The summed E-state index contributed by atoms with van der Waals surface area (Å²) < 4.78 is 12.8. The average molecular weight is 628 g/mol. The molecule has 0 aromatic heterocycles. The Morgan fingerprint density at radius 2 is 1.19 bits per heavy atom. The molecular weight excluding hydrogens is 555 g/mol. The first-order valence-corrected chi connectivity index (χ1v) is 22.1. The third-order valence-corrected chi connectivity index (χ3v) is 13.7. The Hall–Kier alpha value is 0.117. The third-order valence-electron chi connectivity index (χ3n) is 9.23. The standard InChI is InChI=1S/C36H73NO3SSi/c1-4-7-9-11-13-15-16-17-18-20-21-23-25-28-35-30-31-39-42(6-3,40-37-34-35)33-27-32-41-36(38)29-26-24-22-19-14-12-10-8-5-2/h35,37H,4-34H2,1-3H3. The van der Waals surface area contributed by atoms with Crippen LogP contribution in [0.4, 0.5) is 0 Å². The zero-order valence-electron chi connectivity index (χ0n) is 28.6. The van der Waals surface area contributed by atoms with Crippen molar-refractivity contribution in [1.29, 1.82) is 0 Å². The summed E-state index contributed by atoms with van der Waals surface area (Å²) in [5, 5.41) is 0.374. The molecular formula is C36H73NO3SSi. The molecule has 1 heterocycles. The van der Waals surface area contributed by atoms with Crippen LogP contribution in [0.1, 0.15) is 188 Å². The minimum Gasteiger partial charge on any atom is -0.393 e. The van der Waals surface area contributed by atoms with Gasteiger partial charge in [-0.25, -0.2) is 5.48 Å². The number of carbonyl (C=O) groups excluding carboxylic acids is 1. The van der Waals surface area contributed by atoms with E-state index >= 15 is 0 Å². The number of unbranched alkanes of at least 4 members (excludes halogenated alkanes) is 20. The molecule has 1 N–H and O–H groups in total. The minimum absolute atomic E-state index is 0.374. The monoisotopic (exact) mass is 628 g/mol.